The number of aliphatic hydroxyl groups excluding tert-OH is 3. The number of rotatable bonds is 5. The summed E-state index contributed by atoms with van der Waals surface area (Å²) in [7, 11) is 0. The summed E-state index contributed by atoms with van der Waals surface area (Å²) < 4.78 is 8.34. The summed E-state index contributed by atoms with van der Waals surface area (Å²) in [6, 6.07) is 0. The Morgan fingerprint density at radius 3 is 2.87 bits per heavy atom. The van der Waals surface area contributed by atoms with E-state index >= 15 is 0 Å². The van der Waals surface area contributed by atoms with Gasteiger partial charge in [-0.2, -0.15) is 4.98 Å². The number of aliphatic hydroxyl groups is 3. The highest BCUT2D eigenvalue weighted by atomic mass is 16.5. The normalized spacial score (nSPS) is 24.6. The van der Waals surface area contributed by atoms with Crippen molar-refractivity contribution in [3.63, 3.8) is 0 Å². The minimum absolute atomic E-state index is 0.0231. The van der Waals surface area contributed by atoms with Crippen LogP contribution in [-0.4, -0.2) is 59.8 Å². The first-order valence-corrected chi connectivity index (χ1v) is 7.35. The molecule has 0 saturated carbocycles. The van der Waals surface area contributed by atoms with E-state index < -0.39 is 24.0 Å². The highest BCUT2D eigenvalue weighted by Crippen LogP contribution is 2.30. The van der Waals surface area contributed by atoms with E-state index in [-0.39, 0.29) is 43.3 Å². The molecule has 1 aliphatic heterocycles. The molecule has 1 saturated heterocycles. The van der Waals surface area contributed by atoms with E-state index in [4.69, 9.17) is 20.7 Å². The van der Waals surface area contributed by atoms with E-state index in [1.165, 1.54) is 15.5 Å². The van der Waals surface area contributed by atoms with Crippen molar-refractivity contribution in [3.05, 3.63) is 16.7 Å². The van der Waals surface area contributed by atoms with Crippen LogP contribution in [0.1, 0.15) is 19.1 Å². The maximum Gasteiger partial charge on any atom is 0.283 e. The van der Waals surface area contributed by atoms with Gasteiger partial charge >= 0.3 is 0 Å². The van der Waals surface area contributed by atoms with Gasteiger partial charge in [-0.1, -0.05) is 0 Å². The molecule has 5 N–H and O–H groups in total. The van der Waals surface area contributed by atoms with Crippen LogP contribution in [-0.2, 0) is 11.3 Å². The highest BCUT2D eigenvalue weighted by Gasteiger charge is 2.35. The number of hydrogen-bond acceptors (Lipinski definition) is 8. The standard InChI is InChI=1S/C13H19N5O5/c14-13-16-11-10(12(22)17(13)2-1-3-19)15-6-18(11)9-4-7(21)8(5-20)23-9/h6-9,19-21H,1-5H2,(H2,14,16)/t7?,8-,9-/m1/s1. The lowest BCUT2D eigenvalue weighted by atomic mass is 10.2. The fourth-order valence-corrected chi connectivity index (χ4v) is 2.72. The van der Waals surface area contributed by atoms with Crippen LogP contribution < -0.4 is 11.3 Å². The van der Waals surface area contributed by atoms with E-state index in [9.17, 15) is 9.90 Å². The Balaban J connectivity index is 2.00. The minimum atomic E-state index is -0.801. The second kappa shape index (κ2) is 6.24. The first kappa shape index (κ1) is 15.9. The Morgan fingerprint density at radius 1 is 1.43 bits per heavy atom. The van der Waals surface area contributed by atoms with Gasteiger partial charge in [-0.05, 0) is 6.42 Å². The SMILES string of the molecule is Nc1nc2c(ncn2[C@H]2CC(O)[C@@H](CO)O2)c(=O)n1CCCO. The third-order valence-corrected chi connectivity index (χ3v) is 3.95. The van der Waals surface area contributed by atoms with Gasteiger partial charge in [-0.15, -0.1) is 0 Å². The molecule has 23 heavy (non-hydrogen) atoms. The van der Waals surface area contributed by atoms with Gasteiger partial charge in [-0.3, -0.25) is 13.9 Å². The third kappa shape index (κ3) is 2.70. The Hall–Kier alpha value is -2.01. The number of nitrogens with zero attached hydrogens (tertiary/aromatic N) is 4. The minimum Gasteiger partial charge on any atom is -0.396 e. The molecular weight excluding hydrogens is 306 g/mol. The first-order valence-electron chi connectivity index (χ1n) is 7.35. The largest absolute Gasteiger partial charge is 0.396 e. The molecule has 3 rings (SSSR count). The lowest BCUT2D eigenvalue weighted by Crippen LogP contribution is -2.26. The molecule has 3 heterocycles. The molecule has 1 fully saturated rings. The van der Waals surface area contributed by atoms with Crippen molar-refractivity contribution < 1.29 is 20.1 Å². The van der Waals surface area contributed by atoms with Gasteiger partial charge in [0.25, 0.3) is 5.56 Å². The molecule has 0 aliphatic carbocycles. The molecule has 0 amide bonds. The smallest absolute Gasteiger partial charge is 0.283 e. The predicted molar refractivity (Wildman–Crippen MR) is 79.5 cm³/mol. The number of hydrogen-bond donors (Lipinski definition) is 4. The maximum atomic E-state index is 12.4. The Morgan fingerprint density at radius 2 is 2.22 bits per heavy atom. The van der Waals surface area contributed by atoms with Crippen molar-refractivity contribution in [2.75, 3.05) is 18.9 Å². The Labute approximate surface area is 130 Å². The Bertz CT molecular complexity index is 757. The molecule has 1 unspecified atom stereocenters. The van der Waals surface area contributed by atoms with Crippen LogP contribution in [0.4, 0.5) is 5.95 Å². The van der Waals surface area contributed by atoms with Gasteiger partial charge in [0.15, 0.2) is 11.2 Å². The summed E-state index contributed by atoms with van der Waals surface area (Å²) in [4.78, 5) is 20.7. The number of fused-ring (bicyclic) bond motifs is 1. The van der Waals surface area contributed by atoms with E-state index in [1.807, 2.05) is 0 Å². The maximum absolute atomic E-state index is 12.4. The van der Waals surface area contributed by atoms with Gasteiger partial charge in [0.2, 0.25) is 5.95 Å². The van der Waals surface area contributed by atoms with Crippen molar-refractivity contribution in [3.8, 4) is 0 Å². The van der Waals surface area contributed by atoms with Gasteiger partial charge in [-0.25, -0.2) is 4.98 Å². The fourth-order valence-electron chi connectivity index (χ4n) is 2.72. The average Bonchev–Trinajstić information content (AvgIpc) is 3.10. The zero-order valence-electron chi connectivity index (χ0n) is 12.4. The summed E-state index contributed by atoms with van der Waals surface area (Å²) in [5, 5.41) is 27.9. The number of ether oxygens (including phenoxy) is 1. The van der Waals surface area contributed by atoms with Crippen LogP contribution in [0.2, 0.25) is 0 Å². The van der Waals surface area contributed by atoms with Gasteiger partial charge in [0, 0.05) is 19.6 Å². The number of aromatic nitrogens is 4. The van der Waals surface area contributed by atoms with Crippen molar-refractivity contribution in [2.24, 2.45) is 0 Å². The zero-order chi connectivity index (χ0) is 16.6. The number of imidazole rings is 1. The molecule has 2 aromatic heterocycles. The van der Waals surface area contributed by atoms with Gasteiger partial charge < -0.3 is 25.8 Å². The van der Waals surface area contributed by atoms with Crippen LogP contribution in [0.25, 0.3) is 11.2 Å². The van der Waals surface area contributed by atoms with Gasteiger partial charge in [0.05, 0.1) is 19.0 Å². The summed E-state index contributed by atoms with van der Waals surface area (Å²) in [5.74, 6) is 0.0231. The molecular formula is C13H19N5O5. The summed E-state index contributed by atoms with van der Waals surface area (Å²) >= 11 is 0. The molecule has 0 radical (unpaired) electrons. The number of anilines is 1. The molecule has 1 aliphatic rings. The van der Waals surface area contributed by atoms with Gasteiger partial charge in [0.1, 0.15) is 12.3 Å². The lowest BCUT2D eigenvalue weighted by Gasteiger charge is -2.14. The quantitative estimate of drug-likeness (QED) is 0.503. The summed E-state index contributed by atoms with van der Waals surface area (Å²) in [6.45, 7) is -0.106. The molecule has 126 valence electrons. The van der Waals surface area contributed by atoms with Crippen molar-refractivity contribution >= 4 is 17.1 Å². The summed E-state index contributed by atoms with van der Waals surface area (Å²) in [6.07, 6.45) is -0.0115. The van der Waals surface area contributed by atoms with E-state index in [1.54, 1.807) is 0 Å². The zero-order valence-corrected chi connectivity index (χ0v) is 12.4. The van der Waals surface area contributed by atoms with Crippen molar-refractivity contribution in [1.82, 2.24) is 19.1 Å². The van der Waals surface area contributed by atoms with Crippen LogP contribution in [0.3, 0.4) is 0 Å². The van der Waals surface area contributed by atoms with E-state index in [2.05, 4.69) is 9.97 Å². The molecule has 0 bridgehead atoms. The number of nitrogens with two attached hydrogens (primary N) is 1. The second-order valence-corrected chi connectivity index (χ2v) is 5.44. The Kier molecular flexibility index (Phi) is 4.31. The van der Waals surface area contributed by atoms with E-state index in [0.717, 1.165) is 0 Å². The molecule has 3 atom stereocenters. The van der Waals surface area contributed by atoms with Crippen molar-refractivity contribution in [2.45, 2.75) is 37.8 Å². The molecule has 0 aromatic carbocycles. The topological polar surface area (TPSA) is 149 Å². The van der Waals surface area contributed by atoms with E-state index in [0.29, 0.717) is 6.42 Å². The monoisotopic (exact) mass is 325 g/mol. The fraction of sp³-hybridized carbons (Fsp3) is 0.615. The van der Waals surface area contributed by atoms with Crippen LogP contribution in [0, 0.1) is 0 Å². The average molecular weight is 325 g/mol. The second-order valence-electron chi connectivity index (χ2n) is 5.44. The molecule has 10 nitrogen and oxygen atoms in total. The molecule has 0 spiro atoms. The van der Waals surface area contributed by atoms with Crippen LogP contribution in [0.15, 0.2) is 11.1 Å². The first-order chi connectivity index (χ1) is 11.1. The molecule has 10 heteroatoms. The van der Waals surface area contributed by atoms with Crippen LogP contribution in [0.5, 0.6) is 0 Å². The van der Waals surface area contributed by atoms with Crippen LogP contribution >= 0.6 is 0 Å². The van der Waals surface area contributed by atoms with Crippen molar-refractivity contribution in [1.29, 1.82) is 0 Å². The predicted octanol–water partition coefficient (Wildman–Crippen LogP) is -1.80. The summed E-state index contributed by atoms with van der Waals surface area (Å²) in [5.41, 5.74) is 5.85. The highest BCUT2D eigenvalue weighted by molar-refractivity contribution is 5.71. The number of nitrogen functional groups attached to an aromatic ring is 1. The lowest BCUT2D eigenvalue weighted by molar-refractivity contribution is -0.0432. The molecule has 2 aromatic rings. The third-order valence-electron chi connectivity index (χ3n) is 3.95.